The van der Waals surface area contributed by atoms with E-state index in [1.165, 1.54) is 6.07 Å². The van der Waals surface area contributed by atoms with Gasteiger partial charge in [0, 0.05) is 12.3 Å². The van der Waals surface area contributed by atoms with Crippen molar-refractivity contribution in [3.05, 3.63) is 22.8 Å². The monoisotopic (exact) mass is 448 g/mol. The number of hydrogen-bond acceptors (Lipinski definition) is 7. The number of carbonyl (C=O) groups excluding carboxylic acids is 2. The second-order valence-corrected chi connectivity index (χ2v) is 9.87. The van der Waals surface area contributed by atoms with Crippen molar-refractivity contribution >= 4 is 12.1 Å². The number of aliphatic hydroxyl groups excluding tert-OH is 2. The Morgan fingerprint density at radius 3 is 2.44 bits per heavy atom. The number of carbonyl (C=O) groups is 2. The van der Waals surface area contributed by atoms with Gasteiger partial charge in [0.25, 0.3) is 0 Å². The Morgan fingerprint density at radius 2 is 1.94 bits per heavy atom. The highest BCUT2D eigenvalue weighted by Crippen LogP contribution is 2.62. The Hall–Kier alpha value is -1.96. The fourth-order valence-electron chi connectivity index (χ4n) is 5.45. The number of rotatable bonds is 9. The molecule has 2 aliphatic rings. The highest BCUT2D eigenvalue weighted by Gasteiger charge is 2.66. The van der Waals surface area contributed by atoms with E-state index in [1.54, 1.807) is 0 Å². The summed E-state index contributed by atoms with van der Waals surface area (Å²) >= 11 is 0. The number of benzene rings is 1. The molecule has 0 radical (unpaired) electrons. The van der Waals surface area contributed by atoms with Crippen molar-refractivity contribution in [1.82, 2.24) is 0 Å². The zero-order valence-corrected chi connectivity index (χ0v) is 19.4. The summed E-state index contributed by atoms with van der Waals surface area (Å²) in [6.45, 7) is 7.83. The first kappa shape index (κ1) is 24.7. The molecule has 1 heterocycles. The first-order chi connectivity index (χ1) is 15.1. The van der Waals surface area contributed by atoms with Crippen molar-refractivity contribution in [1.29, 1.82) is 0 Å². The molecular weight excluding hydrogens is 412 g/mol. The van der Waals surface area contributed by atoms with E-state index in [4.69, 9.17) is 4.74 Å². The number of Topliss-reactive ketones (excluding diaryl/α,β-unsaturated/α-hetero) is 1. The summed E-state index contributed by atoms with van der Waals surface area (Å²) < 4.78 is 5.91. The number of phenolic OH excluding ortho intramolecular Hbond substituents is 2. The molecule has 1 aromatic carbocycles. The first-order valence-electron chi connectivity index (χ1n) is 11.7. The molecule has 32 heavy (non-hydrogen) atoms. The zero-order valence-electron chi connectivity index (χ0n) is 19.4. The van der Waals surface area contributed by atoms with E-state index in [-0.39, 0.29) is 35.1 Å². The van der Waals surface area contributed by atoms with Gasteiger partial charge in [0.2, 0.25) is 0 Å². The van der Waals surface area contributed by atoms with Crippen LogP contribution >= 0.6 is 0 Å². The SMILES string of the molecule is CCCC(C(=O)c1cc(CC(C)C)c(O)c(C=O)c1O)C1CC(O)C2(CC2CC)C(O)O1. The largest absolute Gasteiger partial charge is 0.507 e. The number of ketones is 1. The van der Waals surface area contributed by atoms with Crippen LogP contribution in [0, 0.1) is 23.2 Å². The van der Waals surface area contributed by atoms with E-state index in [1.807, 2.05) is 27.7 Å². The predicted octanol–water partition coefficient (Wildman–Crippen LogP) is 3.59. The molecule has 1 saturated carbocycles. The number of ether oxygens (including phenoxy) is 1. The Bertz CT molecular complexity index is 850. The van der Waals surface area contributed by atoms with Crippen LogP contribution in [0.15, 0.2) is 6.07 Å². The molecule has 1 aliphatic carbocycles. The molecule has 1 spiro atoms. The van der Waals surface area contributed by atoms with E-state index < -0.39 is 41.4 Å². The Morgan fingerprint density at radius 1 is 1.25 bits per heavy atom. The Balaban J connectivity index is 1.94. The van der Waals surface area contributed by atoms with Crippen molar-refractivity contribution in [3.8, 4) is 11.5 Å². The van der Waals surface area contributed by atoms with Crippen molar-refractivity contribution in [2.24, 2.45) is 23.2 Å². The third kappa shape index (κ3) is 4.18. The lowest BCUT2D eigenvalue weighted by molar-refractivity contribution is -0.247. The summed E-state index contributed by atoms with van der Waals surface area (Å²) in [4.78, 5) is 25.1. The van der Waals surface area contributed by atoms with Crippen LogP contribution in [-0.4, -0.2) is 51.0 Å². The zero-order chi connectivity index (χ0) is 23.8. The van der Waals surface area contributed by atoms with Crippen LogP contribution < -0.4 is 0 Å². The molecule has 1 aliphatic heterocycles. The number of phenols is 2. The van der Waals surface area contributed by atoms with Gasteiger partial charge in [-0.1, -0.05) is 40.5 Å². The fourth-order valence-corrected chi connectivity index (χ4v) is 5.45. The molecule has 3 rings (SSSR count). The van der Waals surface area contributed by atoms with Gasteiger partial charge in [-0.3, -0.25) is 9.59 Å². The van der Waals surface area contributed by atoms with E-state index in [0.29, 0.717) is 37.5 Å². The Labute approximate surface area is 189 Å². The first-order valence-corrected chi connectivity index (χ1v) is 11.7. The smallest absolute Gasteiger partial charge is 0.172 e. The average molecular weight is 449 g/mol. The minimum absolute atomic E-state index is 0.0373. The van der Waals surface area contributed by atoms with E-state index >= 15 is 0 Å². The highest BCUT2D eigenvalue weighted by molar-refractivity contribution is 6.04. The topological polar surface area (TPSA) is 124 Å². The van der Waals surface area contributed by atoms with Crippen LogP contribution in [0.25, 0.3) is 0 Å². The molecule has 7 heteroatoms. The van der Waals surface area contributed by atoms with Gasteiger partial charge in [0.15, 0.2) is 18.4 Å². The van der Waals surface area contributed by atoms with Crippen LogP contribution in [0.4, 0.5) is 0 Å². The third-order valence-corrected chi connectivity index (χ3v) is 7.32. The second-order valence-electron chi connectivity index (χ2n) is 9.87. The van der Waals surface area contributed by atoms with Gasteiger partial charge < -0.3 is 25.2 Å². The van der Waals surface area contributed by atoms with E-state index in [0.717, 1.165) is 6.42 Å². The van der Waals surface area contributed by atoms with Crippen molar-refractivity contribution in [2.45, 2.75) is 84.7 Å². The number of aliphatic hydroxyl groups is 2. The minimum Gasteiger partial charge on any atom is -0.507 e. The van der Waals surface area contributed by atoms with Crippen LogP contribution in [-0.2, 0) is 11.2 Å². The van der Waals surface area contributed by atoms with Gasteiger partial charge in [-0.05, 0) is 42.7 Å². The summed E-state index contributed by atoms with van der Waals surface area (Å²) in [5, 5.41) is 42.6. The average Bonchev–Trinajstić information content (AvgIpc) is 3.48. The molecule has 178 valence electrons. The quantitative estimate of drug-likeness (QED) is 0.336. The van der Waals surface area contributed by atoms with Gasteiger partial charge in [-0.25, -0.2) is 0 Å². The molecule has 0 bridgehead atoms. The maximum Gasteiger partial charge on any atom is 0.172 e. The van der Waals surface area contributed by atoms with Gasteiger partial charge in [0.05, 0.1) is 28.7 Å². The second kappa shape index (κ2) is 9.49. The van der Waals surface area contributed by atoms with Gasteiger partial charge in [-0.2, -0.15) is 0 Å². The van der Waals surface area contributed by atoms with Crippen LogP contribution in [0.5, 0.6) is 11.5 Å². The molecule has 0 amide bonds. The number of aldehydes is 1. The standard InChI is InChI=1S/C25H36O7/c1-5-7-16(19-10-20(27)25(24(31)32-19)11-15(25)6-2)22(29)17-9-14(8-13(3)4)21(28)18(12-26)23(17)30/h9,12-13,15-16,19-20,24,27-28,30-31H,5-8,10-11H2,1-4H3. The van der Waals surface area contributed by atoms with Crippen molar-refractivity contribution < 1.29 is 34.8 Å². The highest BCUT2D eigenvalue weighted by atomic mass is 16.6. The molecule has 6 atom stereocenters. The van der Waals surface area contributed by atoms with Crippen LogP contribution in [0.1, 0.15) is 86.1 Å². The number of aromatic hydroxyl groups is 2. The van der Waals surface area contributed by atoms with Crippen LogP contribution in [0.3, 0.4) is 0 Å². The molecule has 1 saturated heterocycles. The van der Waals surface area contributed by atoms with Gasteiger partial charge >= 0.3 is 0 Å². The predicted molar refractivity (Wildman–Crippen MR) is 119 cm³/mol. The maximum atomic E-state index is 13.6. The Kier molecular flexibility index (Phi) is 7.32. The summed E-state index contributed by atoms with van der Waals surface area (Å²) in [5.41, 5.74) is -0.564. The molecule has 4 N–H and O–H groups in total. The van der Waals surface area contributed by atoms with Gasteiger partial charge in [0.1, 0.15) is 11.5 Å². The third-order valence-electron chi connectivity index (χ3n) is 7.32. The molecule has 0 aromatic heterocycles. The minimum atomic E-state index is -1.15. The molecule has 7 nitrogen and oxygen atoms in total. The maximum absolute atomic E-state index is 13.6. The van der Waals surface area contributed by atoms with Gasteiger partial charge in [-0.15, -0.1) is 0 Å². The summed E-state index contributed by atoms with van der Waals surface area (Å²) in [5.74, 6) is -1.62. The van der Waals surface area contributed by atoms with Crippen molar-refractivity contribution in [3.63, 3.8) is 0 Å². The lowest BCUT2D eigenvalue weighted by Crippen LogP contribution is -2.50. The number of hydrogen-bond donors (Lipinski definition) is 4. The lowest BCUT2D eigenvalue weighted by atomic mass is 9.79. The fraction of sp³-hybridized carbons (Fsp3) is 0.680. The summed E-state index contributed by atoms with van der Waals surface area (Å²) in [6.07, 6.45) is 1.01. The molecular formula is C25H36O7. The summed E-state index contributed by atoms with van der Waals surface area (Å²) in [6, 6.07) is 1.45. The van der Waals surface area contributed by atoms with Crippen LogP contribution in [0.2, 0.25) is 0 Å². The van der Waals surface area contributed by atoms with Crippen molar-refractivity contribution in [2.75, 3.05) is 0 Å². The molecule has 6 unspecified atom stereocenters. The molecule has 1 aromatic rings. The molecule has 2 fully saturated rings. The summed E-state index contributed by atoms with van der Waals surface area (Å²) in [7, 11) is 0. The normalized spacial score (nSPS) is 30.5. The van der Waals surface area contributed by atoms with E-state index in [9.17, 15) is 30.0 Å². The lowest BCUT2D eigenvalue weighted by Gasteiger charge is -2.41. The van der Waals surface area contributed by atoms with E-state index in [2.05, 4.69) is 0 Å².